The molecule has 178 valence electrons. The molecule has 0 radical (unpaired) electrons. The fourth-order valence-corrected chi connectivity index (χ4v) is 4.59. The van der Waals surface area contributed by atoms with Crippen molar-refractivity contribution >= 4 is 0 Å². The Hall–Kier alpha value is -1.96. The minimum atomic E-state index is -0.163. The molecule has 0 saturated carbocycles. The summed E-state index contributed by atoms with van der Waals surface area (Å²) in [7, 11) is 0. The van der Waals surface area contributed by atoms with Crippen molar-refractivity contribution in [3.63, 3.8) is 0 Å². The molecule has 0 bridgehead atoms. The Morgan fingerprint density at radius 1 is 0.594 bits per heavy atom. The topological polar surface area (TPSA) is 40.5 Å². The summed E-state index contributed by atoms with van der Waals surface area (Å²) in [4.78, 5) is 0. The summed E-state index contributed by atoms with van der Waals surface area (Å²) in [5.74, 6) is 1.68. The highest BCUT2D eigenvalue weighted by molar-refractivity contribution is 5.56. The maximum absolute atomic E-state index is 11.4. The molecule has 0 aliphatic heterocycles. The predicted octanol–water partition coefficient (Wildman–Crippen LogP) is 8.24. The van der Waals surface area contributed by atoms with Crippen LogP contribution in [0.5, 0.6) is 11.5 Å². The first-order valence-corrected chi connectivity index (χ1v) is 12.2. The summed E-state index contributed by atoms with van der Waals surface area (Å²) >= 11 is 0. The first kappa shape index (κ1) is 26.3. The number of phenolic OH excluding ortho intramolecular Hbond substituents is 2. The van der Waals surface area contributed by atoms with Crippen LogP contribution in [0.3, 0.4) is 0 Å². The van der Waals surface area contributed by atoms with E-state index in [0.717, 1.165) is 35.1 Å². The van der Waals surface area contributed by atoms with Crippen LogP contribution in [0, 0.1) is 11.8 Å². The molecule has 0 aromatic heterocycles. The highest BCUT2D eigenvalue weighted by Gasteiger charge is 2.28. The van der Waals surface area contributed by atoms with Gasteiger partial charge < -0.3 is 10.2 Å². The van der Waals surface area contributed by atoms with Crippen molar-refractivity contribution in [2.45, 2.75) is 106 Å². The summed E-state index contributed by atoms with van der Waals surface area (Å²) in [5, 5.41) is 22.7. The SMILES string of the molecule is CC(C)Cc1cc(C(C)c2cc(CC(C)C)cc(C(C)(C)C)c2O)c(O)c(C(C)(C)C)c1. The van der Waals surface area contributed by atoms with E-state index in [1.165, 1.54) is 11.1 Å². The second-order valence-electron chi connectivity index (χ2n) is 12.6. The molecule has 2 heteroatoms. The van der Waals surface area contributed by atoms with Crippen LogP contribution in [0.4, 0.5) is 0 Å². The van der Waals surface area contributed by atoms with Crippen LogP contribution in [0.1, 0.15) is 115 Å². The van der Waals surface area contributed by atoms with Gasteiger partial charge in [-0.3, -0.25) is 0 Å². The molecule has 0 saturated heterocycles. The monoisotopic (exact) mass is 438 g/mol. The van der Waals surface area contributed by atoms with Crippen LogP contribution in [-0.2, 0) is 23.7 Å². The number of aromatic hydroxyl groups is 2. The molecule has 2 rings (SSSR count). The van der Waals surface area contributed by atoms with Crippen LogP contribution < -0.4 is 0 Å². The normalized spacial score (nSPS) is 12.9. The number of benzene rings is 2. The first-order chi connectivity index (χ1) is 14.5. The highest BCUT2D eigenvalue weighted by atomic mass is 16.3. The quantitative estimate of drug-likeness (QED) is 0.476. The van der Waals surface area contributed by atoms with Crippen molar-refractivity contribution in [1.82, 2.24) is 0 Å². The van der Waals surface area contributed by atoms with E-state index in [9.17, 15) is 10.2 Å². The standard InChI is InChI=1S/C30H46O2/c1-18(2)12-21-14-23(27(31)25(16-21)29(6,7)8)20(5)24-15-22(13-19(3)4)17-26(28(24)32)30(9,10)11/h14-20,31-32H,12-13H2,1-11H3. The largest absolute Gasteiger partial charge is 0.507 e. The van der Waals surface area contributed by atoms with Gasteiger partial charge in [0.2, 0.25) is 0 Å². The Morgan fingerprint density at radius 2 is 0.906 bits per heavy atom. The molecule has 32 heavy (non-hydrogen) atoms. The Labute approximate surface area is 197 Å². The summed E-state index contributed by atoms with van der Waals surface area (Å²) < 4.78 is 0. The Kier molecular flexibility index (Phi) is 7.80. The number of phenols is 2. The van der Waals surface area contributed by atoms with Gasteiger partial charge in [0.25, 0.3) is 0 Å². The lowest BCUT2D eigenvalue weighted by atomic mass is 9.77. The van der Waals surface area contributed by atoms with E-state index >= 15 is 0 Å². The zero-order chi connectivity index (χ0) is 24.6. The molecule has 0 atom stereocenters. The van der Waals surface area contributed by atoms with Gasteiger partial charge in [-0.15, -0.1) is 0 Å². The number of rotatable bonds is 6. The van der Waals surface area contributed by atoms with Gasteiger partial charge in [-0.05, 0) is 57.8 Å². The number of hydrogen-bond donors (Lipinski definition) is 2. The molecule has 2 N–H and O–H groups in total. The third-order valence-electron chi connectivity index (χ3n) is 6.24. The molecule has 2 aromatic rings. The summed E-state index contributed by atoms with van der Waals surface area (Å²) in [5.41, 5.74) is 5.94. The van der Waals surface area contributed by atoms with Crippen molar-refractivity contribution in [1.29, 1.82) is 0 Å². The third kappa shape index (κ3) is 6.09. The molecule has 0 spiro atoms. The van der Waals surface area contributed by atoms with Crippen molar-refractivity contribution in [3.05, 3.63) is 57.6 Å². The Morgan fingerprint density at radius 3 is 1.16 bits per heavy atom. The number of hydrogen-bond acceptors (Lipinski definition) is 2. The lowest BCUT2D eigenvalue weighted by Crippen LogP contribution is -2.16. The van der Waals surface area contributed by atoms with Crippen LogP contribution in [0.15, 0.2) is 24.3 Å². The van der Waals surface area contributed by atoms with Crippen molar-refractivity contribution in [3.8, 4) is 11.5 Å². The minimum Gasteiger partial charge on any atom is -0.507 e. The predicted molar refractivity (Wildman–Crippen MR) is 138 cm³/mol. The second-order valence-corrected chi connectivity index (χ2v) is 12.6. The van der Waals surface area contributed by atoms with E-state index in [0.29, 0.717) is 23.3 Å². The van der Waals surface area contributed by atoms with Gasteiger partial charge in [0.05, 0.1) is 0 Å². The molecule has 0 heterocycles. The Balaban J connectivity index is 2.76. The molecule has 2 aromatic carbocycles. The van der Waals surface area contributed by atoms with Gasteiger partial charge in [0, 0.05) is 17.0 Å². The summed E-state index contributed by atoms with van der Waals surface area (Å²) in [6.07, 6.45) is 1.94. The smallest absolute Gasteiger partial charge is 0.123 e. The van der Waals surface area contributed by atoms with Gasteiger partial charge in [0.1, 0.15) is 11.5 Å². The fraction of sp³-hybridized carbons (Fsp3) is 0.600. The third-order valence-corrected chi connectivity index (χ3v) is 6.24. The van der Waals surface area contributed by atoms with E-state index in [4.69, 9.17) is 0 Å². The van der Waals surface area contributed by atoms with Crippen molar-refractivity contribution in [2.75, 3.05) is 0 Å². The van der Waals surface area contributed by atoms with Gasteiger partial charge >= 0.3 is 0 Å². The van der Waals surface area contributed by atoms with Crippen LogP contribution >= 0.6 is 0 Å². The van der Waals surface area contributed by atoms with E-state index in [1.807, 2.05) is 0 Å². The molecule has 0 unspecified atom stereocenters. The van der Waals surface area contributed by atoms with Gasteiger partial charge in [-0.2, -0.15) is 0 Å². The van der Waals surface area contributed by atoms with Crippen molar-refractivity contribution in [2.24, 2.45) is 11.8 Å². The maximum atomic E-state index is 11.4. The van der Waals surface area contributed by atoms with E-state index < -0.39 is 0 Å². The summed E-state index contributed by atoms with van der Waals surface area (Å²) in [6, 6.07) is 8.64. The molecule has 0 aliphatic rings. The zero-order valence-corrected chi connectivity index (χ0v) is 22.4. The average Bonchev–Trinajstić information content (AvgIpc) is 2.61. The molecule has 0 aliphatic carbocycles. The van der Waals surface area contributed by atoms with Crippen LogP contribution in [0.25, 0.3) is 0 Å². The molecule has 2 nitrogen and oxygen atoms in total. The second kappa shape index (κ2) is 9.49. The van der Waals surface area contributed by atoms with Gasteiger partial charge in [-0.1, -0.05) is 100 Å². The molecule has 0 amide bonds. The fourth-order valence-electron chi connectivity index (χ4n) is 4.59. The van der Waals surface area contributed by atoms with Crippen molar-refractivity contribution < 1.29 is 10.2 Å². The molecule has 0 fully saturated rings. The Bertz CT molecular complexity index is 859. The van der Waals surface area contributed by atoms with Gasteiger partial charge in [-0.25, -0.2) is 0 Å². The van der Waals surface area contributed by atoms with E-state index in [-0.39, 0.29) is 16.7 Å². The highest BCUT2D eigenvalue weighted by Crippen LogP contribution is 2.44. The van der Waals surface area contributed by atoms with E-state index in [1.54, 1.807) is 0 Å². The van der Waals surface area contributed by atoms with E-state index in [2.05, 4.69) is 100 Å². The summed E-state index contributed by atoms with van der Waals surface area (Å²) in [6.45, 7) is 23.9. The van der Waals surface area contributed by atoms with Gasteiger partial charge in [0.15, 0.2) is 0 Å². The molecular formula is C30H46O2. The lowest BCUT2D eigenvalue weighted by molar-refractivity contribution is 0.429. The average molecular weight is 439 g/mol. The van der Waals surface area contributed by atoms with Crippen LogP contribution in [-0.4, -0.2) is 10.2 Å². The lowest BCUT2D eigenvalue weighted by Gasteiger charge is -2.28. The first-order valence-electron chi connectivity index (χ1n) is 12.2. The zero-order valence-electron chi connectivity index (χ0n) is 22.4. The minimum absolute atomic E-state index is 0.114. The molecular weight excluding hydrogens is 392 g/mol. The van der Waals surface area contributed by atoms with Crippen LogP contribution in [0.2, 0.25) is 0 Å². The maximum Gasteiger partial charge on any atom is 0.123 e.